The number of nitrogens with zero attached hydrogens (tertiary/aromatic N) is 2. The number of aromatic nitrogens is 1. The minimum absolute atomic E-state index is 0.00400. The Morgan fingerprint density at radius 1 is 1.02 bits per heavy atom. The van der Waals surface area contributed by atoms with E-state index in [4.69, 9.17) is 45.8 Å². The first kappa shape index (κ1) is 68.2. The largest absolute Gasteiger partial charge is 0.495 e. The Labute approximate surface area is 509 Å². The monoisotopic (exact) mass is 1210 g/mol. The summed E-state index contributed by atoms with van der Waals surface area (Å²) in [7, 11) is 4.48. The number of ketones is 2. The molecule has 3 aliphatic heterocycles. The highest BCUT2D eigenvalue weighted by molar-refractivity contribution is 6.35. The summed E-state index contributed by atoms with van der Waals surface area (Å²) in [5, 5.41) is 20.9. The van der Waals surface area contributed by atoms with E-state index in [-0.39, 0.29) is 98.2 Å². The lowest BCUT2D eigenvalue weighted by molar-refractivity contribution is -0.187. The fourth-order valence-electron chi connectivity index (χ4n) is 11.5. The van der Waals surface area contributed by atoms with Crippen molar-refractivity contribution in [3.8, 4) is 5.75 Å². The predicted molar refractivity (Wildman–Crippen MR) is 324 cm³/mol. The molecule has 2 aromatic carbocycles. The topological polar surface area (TPSA) is 294 Å². The lowest BCUT2D eigenvalue weighted by Gasteiger charge is -2.41. The molecule has 0 radical (unpaired) electrons. The second-order valence-electron chi connectivity index (χ2n) is 23.5. The summed E-state index contributed by atoms with van der Waals surface area (Å²) in [6.45, 7) is 13.4. The zero-order valence-electron chi connectivity index (χ0n) is 51.3. The number of rotatable bonds is 25. The van der Waals surface area contributed by atoms with E-state index in [0.29, 0.717) is 66.4 Å². The molecule has 1 aromatic heterocycles. The molecule has 3 aliphatic rings. The molecular formula is C64H87ClN6O15. The maximum Gasteiger partial charge on any atom is 0.412 e. The molecule has 3 aromatic rings. The van der Waals surface area contributed by atoms with E-state index in [0.717, 1.165) is 11.1 Å². The van der Waals surface area contributed by atoms with E-state index < -0.39 is 89.8 Å². The third-order valence-corrected chi connectivity index (χ3v) is 17.2. The maximum atomic E-state index is 14.6. The Morgan fingerprint density at radius 2 is 1.77 bits per heavy atom. The molecule has 470 valence electrons. The number of urea groups is 1. The molecular weight excluding hydrogens is 1130 g/mol. The smallest absolute Gasteiger partial charge is 0.412 e. The van der Waals surface area contributed by atoms with Crippen LogP contribution in [0.4, 0.5) is 21.0 Å². The first-order chi connectivity index (χ1) is 40.9. The third kappa shape index (κ3) is 17.8. The summed E-state index contributed by atoms with van der Waals surface area (Å²) in [6, 6.07) is 8.36. The predicted octanol–water partition coefficient (Wildman–Crippen LogP) is 8.99. The minimum Gasteiger partial charge on any atom is -0.495 e. The van der Waals surface area contributed by atoms with Gasteiger partial charge in [-0.3, -0.25) is 39.1 Å². The SMILES string of the molecule is CCC(CC)C(=O)OCCCCCC(=O)C[C@H](C(=O)N[C@@H](CCCNC(N)=O)C(=O)Cc1ccc(NC(=O)O[C@H]2CC(=O)N(C)c3cc(cc(OC)c3Cl)C/C(C)=C/C=C/[C@@H](OC)[C@]3(O)CC(=O)O[C@@H](C3)[C@@H](C)[C@@H]3O[C@@]23C)c2cccnc12)C(C)C. The van der Waals surface area contributed by atoms with Crippen LogP contribution in [0.15, 0.2) is 66.4 Å². The van der Waals surface area contributed by atoms with Crippen molar-refractivity contribution in [3.63, 3.8) is 0 Å². The van der Waals surface area contributed by atoms with Crippen molar-refractivity contribution >= 4 is 81.3 Å². The number of methoxy groups -OCH3 is 2. The van der Waals surface area contributed by atoms with Crippen molar-refractivity contribution in [2.24, 2.45) is 29.4 Å². The van der Waals surface area contributed by atoms with E-state index in [1.807, 2.05) is 40.7 Å². The molecule has 6 rings (SSSR count). The number of primary amides is 1. The average Bonchev–Trinajstić information content (AvgIpc) is 1.58. The molecule has 2 saturated heterocycles. The second-order valence-corrected chi connectivity index (χ2v) is 23.9. The normalized spacial score (nSPS) is 24.1. The Bertz CT molecular complexity index is 3000. The van der Waals surface area contributed by atoms with Crippen LogP contribution in [0.25, 0.3) is 10.9 Å². The van der Waals surface area contributed by atoms with Crippen LogP contribution in [0.3, 0.4) is 0 Å². The standard InChI is InChI=1S/C64H87ClN6O15/c1-11-41(12-2)60(77)83-28-15-13-14-20-43(72)33-45(37(3)4)59(76)69-47(22-18-27-68-61(66)78)49(73)32-42-24-25-46(44-21-17-26-67-57(42)44)70-62(79)85-53-34-54(74)71(8)48-30-40(31-50(81-9)56(48)65)29-38(5)19-16-23-52(82-10)64(80)35-51(84-55(75)36-64)39(6)58-63(53,7)86-58/h16-17,19,21,23-26,30-31,37,39,41,45,47,51-53,58,80H,11-15,18,20,22,27-29,32-36H2,1-10H3,(H,69,76)(H,70,79)(H3,66,68,78)/b23-16+,38-19+/t39-,45+,47+,51+,52-,53+,58+,63+,64-/m1/s1. The number of amides is 5. The van der Waals surface area contributed by atoms with Crippen LogP contribution in [0.5, 0.6) is 5.75 Å². The van der Waals surface area contributed by atoms with Crippen LogP contribution in [0, 0.1) is 23.7 Å². The van der Waals surface area contributed by atoms with Crippen LogP contribution in [0.2, 0.25) is 5.02 Å². The zero-order chi connectivity index (χ0) is 63.0. The number of pyridine rings is 1. The highest BCUT2D eigenvalue weighted by Crippen LogP contribution is 2.50. The number of fused-ring (bicyclic) bond motifs is 6. The number of allylic oxidation sites excluding steroid dienone is 3. The molecule has 5 amide bonds. The fraction of sp³-hybridized carbons (Fsp3) is 0.578. The molecule has 6 N–H and O–H groups in total. The van der Waals surface area contributed by atoms with Crippen molar-refractivity contribution < 1.29 is 71.9 Å². The minimum atomic E-state index is -1.65. The number of halogens is 1. The zero-order valence-corrected chi connectivity index (χ0v) is 52.1. The van der Waals surface area contributed by atoms with Crippen LogP contribution in [0.1, 0.15) is 137 Å². The van der Waals surface area contributed by atoms with Gasteiger partial charge < -0.3 is 54.8 Å². The molecule has 21 nitrogen and oxygen atoms in total. The number of hydrogen-bond donors (Lipinski definition) is 5. The van der Waals surface area contributed by atoms with Crippen molar-refractivity contribution in [2.75, 3.05) is 44.6 Å². The van der Waals surface area contributed by atoms with Crippen LogP contribution in [-0.4, -0.2) is 134 Å². The number of carbonyl (C=O) groups is 8. The number of unbranched alkanes of at least 4 members (excludes halogenated alkanes) is 2. The lowest BCUT2D eigenvalue weighted by atomic mass is 9.78. The second kappa shape index (κ2) is 31.1. The van der Waals surface area contributed by atoms with Gasteiger partial charge in [-0.2, -0.15) is 0 Å². The van der Waals surface area contributed by atoms with E-state index in [1.54, 1.807) is 69.4 Å². The van der Waals surface area contributed by atoms with Crippen molar-refractivity contribution in [1.82, 2.24) is 15.6 Å². The summed E-state index contributed by atoms with van der Waals surface area (Å²) in [6.07, 6.45) is 5.54. The van der Waals surface area contributed by atoms with Gasteiger partial charge in [0.2, 0.25) is 11.8 Å². The summed E-state index contributed by atoms with van der Waals surface area (Å²) in [4.78, 5) is 114. The van der Waals surface area contributed by atoms with Gasteiger partial charge in [0.05, 0.1) is 61.5 Å². The molecule has 4 bridgehead atoms. The summed E-state index contributed by atoms with van der Waals surface area (Å²) >= 11 is 6.88. The number of carbonyl (C=O) groups excluding carboxylic acids is 8. The first-order valence-corrected chi connectivity index (χ1v) is 30.2. The molecule has 2 fully saturated rings. The number of ether oxygens (including phenoxy) is 6. The first-order valence-electron chi connectivity index (χ1n) is 29.8. The van der Waals surface area contributed by atoms with Crippen molar-refractivity contribution in [1.29, 1.82) is 0 Å². The molecule has 0 aliphatic carbocycles. The van der Waals surface area contributed by atoms with Gasteiger partial charge in [0.1, 0.15) is 46.1 Å². The number of esters is 2. The molecule has 0 saturated carbocycles. The number of nitrogens with two attached hydrogens (primary N) is 1. The summed E-state index contributed by atoms with van der Waals surface area (Å²) in [5.74, 6) is -3.63. The average molecular weight is 1220 g/mol. The number of hydrogen-bond acceptors (Lipinski definition) is 16. The molecule has 9 atom stereocenters. The van der Waals surface area contributed by atoms with Gasteiger partial charge in [0.25, 0.3) is 0 Å². The van der Waals surface area contributed by atoms with Gasteiger partial charge in [0.15, 0.2) is 5.78 Å². The Kier molecular flexibility index (Phi) is 24.7. The van der Waals surface area contributed by atoms with E-state index in [1.165, 1.54) is 25.3 Å². The van der Waals surface area contributed by atoms with Gasteiger partial charge in [0, 0.05) is 69.8 Å². The number of epoxide rings is 1. The lowest BCUT2D eigenvalue weighted by Crippen LogP contribution is -2.53. The molecule has 0 spiro atoms. The highest BCUT2D eigenvalue weighted by atomic mass is 35.5. The van der Waals surface area contributed by atoms with Gasteiger partial charge in [-0.25, -0.2) is 9.59 Å². The quantitative estimate of drug-likeness (QED) is 0.0229. The van der Waals surface area contributed by atoms with Gasteiger partial charge in [-0.15, -0.1) is 0 Å². The summed E-state index contributed by atoms with van der Waals surface area (Å²) in [5.41, 5.74) is 5.44. The molecule has 86 heavy (non-hydrogen) atoms. The van der Waals surface area contributed by atoms with Gasteiger partial charge >= 0.3 is 24.1 Å². The summed E-state index contributed by atoms with van der Waals surface area (Å²) < 4.78 is 35.3. The third-order valence-electron chi connectivity index (χ3n) is 16.8. The van der Waals surface area contributed by atoms with E-state index in [2.05, 4.69) is 20.9 Å². The van der Waals surface area contributed by atoms with Crippen molar-refractivity contribution in [2.45, 2.75) is 180 Å². The highest BCUT2D eigenvalue weighted by Gasteiger charge is 2.64. The maximum absolute atomic E-state index is 14.6. The Hall–Kier alpha value is -6.94. The molecule has 0 unspecified atom stereocenters. The van der Waals surface area contributed by atoms with Gasteiger partial charge in [-0.05, 0) is 113 Å². The van der Waals surface area contributed by atoms with Gasteiger partial charge in [-0.1, -0.05) is 76.1 Å². The molecule has 4 heterocycles. The number of aliphatic hydroxyl groups is 1. The van der Waals surface area contributed by atoms with Crippen LogP contribution < -0.4 is 31.3 Å². The number of Topliss-reactive ketones (excluding diaryl/α,β-unsaturated/α-hetero) is 2. The number of nitrogens with one attached hydrogen (secondary N) is 3. The molecule has 22 heteroatoms. The Balaban J connectivity index is 1.21. The fourth-order valence-corrected chi connectivity index (χ4v) is 11.8. The van der Waals surface area contributed by atoms with Crippen LogP contribution in [-0.2, 0) is 65.3 Å². The van der Waals surface area contributed by atoms with E-state index >= 15 is 0 Å². The van der Waals surface area contributed by atoms with E-state index in [9.17, 15) is 43.5 Å². The van der Waals surface area contributed by atoms with Crippen LogP contribution >= 0.6 is 11.6 Å². The Morgan fingerprint density at radius 3 is 2.45 bits per heavy atom. The number of benzene rings is 2. The van der Waals surface area contributed by atoms with Crippen molar-refractivity contribution in [3.05, 3.63) is 82.5 Å². The number of anilines is 2.